The number of pyridine rings is 1. The lowest BCUT2D eigenvalue weighted by Crippen LogP contribution is -2.27. The summed E-state index contributed by atoms with van der Waals surface area (Å²) in [6, 6.07) is 1.66. The number of ketones is 1. The van der Waals surface area contributed by atoms with Crippen LogP contribution in [0.2, 0.25) is 0 Å². The second-order valence-corrected chi connectivity index (χ2v) is 7.07. The number of Topliss-reactive ketones (excluding diaryl/α,β-unsaturated/α-hetero) is 1. The number of H-pyrrole nitrogens is 1. The second kappa shape index (κ2) is 7.11. The lowest BCUT2D eigenvalue weighted by molar-refractivity contribution is 0.0657. The lowest BCUT2D eigenvalue weighted by Gasteiger charge is -2.23. The molecule has 0 saturated carbocycles. The summed E-state index contributed by atoms with van der Waals surface area (Å²) < 4.78 is 7.28. The van der Waals surface area contributed by atoms with Gasteiger partial charge in [-0.25, -0.2) is 0 Å². The molecule has 142 valence electrons. The first-order chi connectivity index (χ1) is 13.0. The van der Waals surface area contributed by atoms with Crippen LogP contribution in [0.25, 0.3) is 0 Å². The summed E-state index contributed by atoms with van der Waals surface area (Å²) in [5, 5.41) is 7.16. The number of rotatable bonds is 3. The van der Waals surface area contributed by atoms with Crippen molar-refractivity contribution >= 4 is 17.4 Å². The molecule has 2 aromatic heterocycles. The predicted octanol–water partition coefficient (Wildman–Crippen LogP) is 2.00. The van der Waals surface area contributed by atoms with Gasteiger partial charge < -0.3 is 15.0 Å². The second-order valence-electron chi connectivity index (χ2n) is 7.07. The van der Waals surface area contributed by atoms with E-state index in [0.29, 0.717) is 43.0 Å². The van der Waals surface area contributed by atoms with Crippen LogP contribution in [0.4, 0.5) is 5.69 Å². The van der Waals surface area contributed by atoms with Gasteiger partial charge in [0, 0.05) is 30.9 Å². The number of anilines is 1. The molecule has 27 heavy (non-hydrogen) atoms. The maximum absolute atomic E-state index is 12.7. The Morgan fingerprint density at radius 3 is 2.85 bits per heavy atom. The first-order valence-electron chi connectivity index (χ1n) is 9.27. The fourth-order valence-electron chi connectivity index (χ4n) is 3.78. The van der Waals surface area contributed by atoms with E-state index in [1.807, 2.05) is 11.6 Å². The average molecular weight is 370 g/mol. The molecule has 1 fully saturated rings. The molecule has 8 heteroatoms. The molecule has 1 aliphatic heterocycles. The Balaban J connectivity index is 1.58. The van der Waals surface area contributed by atoms with Gasteiger partial charge in [-0.2, -0.15) is 5.10 Å². The molecule has 3 heterocycles. The SMILES string of the molecule is Cc1c(NC(=O)c2cc3c([nH]c2=O)CCCC3=O)cnn1C1CCOCC1. The Kier molecular flexibility index (Phi) is 4.65. The van der Waals surface area contributed by atoms with Crippen LogP contribution < -0.4 is 10.9 Å². The number of nitrogens with zero attached hydrogens (tertiary/aromatic N) is 2. The first kappa shape index (κ1) is 17.7. The number of fused-ring (bicyclic) bond motifs is 1. The van der Waals surface area contributed by atoms with Gasteiger partial charge in [0.25, 0.3) is 11.5 Å². The number of carbonyl (C=O) groups is 2. The number of ether oxygens (including phenoxy) is 1. The molecular weight excluding hydrogens is 348 g/mol. The highest BCUT2D eigenvalue weighted by Gasteiger charge is 2.24. The van der Waals surface area contributed by atoms with Crippen molar-refractivity contribution in [3.63, 3.8) is 0 Å². The summed E-state index contributed by atoms with van der Waals surface area (Å²) in [6.45, 7) is 3.28. The first-order valence-corrected chi connectivity index (χ1v) is 9.27. The van der Waals surface area contributed by atoms with Gasteiger partial charge in [0.05, 0.1) is 23.6 Å². The molecule has 1 saturated heterocycles. The number of hydrogen-bond acceptors (Lipinski definition) is 5. The van der Waals surface area contributed by atoms with Gasteiger partial charge in [-0.1, -0.05) is 0 Å². The molecule has 2 N–H and O–H groups in total. The van der Waals surface area contributed by atoms with E-state index in [9.17, 15) is 14.4 Å². The van der Waals surface area contributed by atoms with E-state index in [-0.39, 0.29) is 17.4 Å². The smallest absolute Gasteiger partial charge is 0.261 e. The third-order valence-corrected chi connectivity index (χ3v) is 5.33. The Labute approximate surface area is 155 Å². The van der Waals surface area contributed by atoms with Crippen molar-refractivity contribution in [2.75, 3.05) is 18.5 Å². The summed E-state index contributed by atoms with van der Waals surface area (Å²) in [7, 11) is 0. The zero-order valence-corrected chi connectivity index (χ0v) is 15.2. The minimum absolute atomic E-state index is 0.0370. The van der Waals surface area contributed by atoms with Crippen molar-refractivity contribution in [1.29, 1.82) is 0 Å². The van der Waals surface area contributed by atoms with E-state index in [1.165, 1.54) is 6.07 Å². The minimum atomic E-state index is -0.535. The van der Waals surface area contributed by atoms with Gasteiger partial charge in [-0.05, 0) is 38.7 Å². The number of aryl methyl sites for hydroxylation is 1. The van der Waals surface area contributed by atoms with Crippen LogP contribution in [0.5, 0.6) is 0 Å². The van der Waals surface area contributed by atoms with E-state index in [1.54, 1.807) is 6.20 Å². The van der Waals surface area contributed by atoms with Gasteiger partial charge in [0.15, 0.2) is 5.78 Å². The summed E-state index contributed by atoms with van der Waals surface area (Å²) in [6.07, 6.45) is 5.16. The molecule has 0 unspecified atom stereocenters. The van der Waals surface area contributed by atoms with Crippen LogP contribution >= 0.6 is 0 Å². The molecule has 0 spiro atoms. The van der Waals surface area contributed by atoms with Crippen LogP contribution in [0.3, 0.4) is 0 Å². The van der Waals surface area contributed by atoms with Crippen LogP contribution in [-0.4, -0.2) is 39.7 Å². The fourth-order valence-corrected chi connectivity index (χ4v) is 3.78. The number of carbonyl (C=O) groups excluding carboxylic acids is 2. The molecule has 2 aliphatic rings. The maximum atomic E-state index is 12.7. The quantitative estimate of drug-likeness (QED) is 0.860. The predicted molar refractivity (Wildman–Crippen MR) is 98.3 cm³/mol. The van der Waals surface area contributed by atoms with Crippen LogP contribution in [0, 0.1) is 6.92 Å². The van der Waals surface area contributed by atoms with E-state index in [4.69, 9.17) is 4.74 Å². The van der Waals surface area contributed by atoms with E-state index in [0.717, 1.165) is 25.0 Å². The molecule has 2 aromatic rings. The standard InChI is InChI=1S/C19H22N4O4/c1-11-16(10-20-23(11)12-5-7-27-8-6-12)22-19(26)14-9-13-15(21-18(14)25)3-2-4-17(13)24/h9-10,12H,2-8H2,1H3,(H,21,25)(H,22,26). The lowest BCUT2D eigenvalue weighted by atomic mass is 9.93. The maximum Gasteiger partial charge on any atom is 0.261 e. The Morgan fingerprint density at radius 1 is 1.30 bits per heavy atom. The number of aromatic amines is 1. The number of aromatic nitrogens is 3. The van der Waals surface area contributed by atoms with Gasteiger partial charge in [0.2, 0.25) is 0 Å². The molecular formula is C19H22N4O4. The van der Waals surface area contributed by atoms with Crippen LogP contribution in [0.1, 0.15) is 63.8 Å². The van der Waals surface area contributed by atoms with E-state index < -0.39 is 11.5 Å². The van der Waals surface area contributed by atoms with Crippen LogP contribution in [0.15, 0.2) is 17.1 Å². The topological polar surface area (TPSA) is 106 Å². The molecule has 0 bridgehead atoms. The molecule has 0 radical (unpaired) electrons. The van der Waals surface area contributed by atoms with E-state index in [2.05, 4.69) is 15.4 Å². The van der Waals surface area contributed by atoms with Gasteiger partial charge >= 0.3 is 0 Å². The molecule has 1 amide bonds. The molecule has 0 aromatic carbocycles. The molecule has 8 nitrogen and oxygen atoms in total. The Morgan fingerprint density at radius 2 is 2.07 bits per heavy atom. The van der Waals surface area contributed by atoms with Gasteiger partial charge in [-0.15, -0.1) is 0 Å². The zero-order chi connectivity index (χ0) is 19.0. The third kappa shape index (κ3) is 3.32. The molecule has 4 rings (SSSR count). The minimum Gasteiger partial charge on any atom is -0.381 e. The summed E-state index contributed by atoms with van der Waals surface area (Å²) >= 11 is 0. The van der Waals surface area contributed by atoms with Crippen LogP contribution in [-0.2, 0) is 11.2 Å². The summed E-state index contributed by atoms with van der Waals surface area (Å²) in [5.41, 5.74) is 1.94. The summed E-state index contributed by atoms with van der Waals surface area (Å²) in [5.74, 6) is -0.572. The molecule has 1 aliphatic carbocycles. The normalized spacial score (nSPS) is 17.6. The van der Waals surface area contributed by atoms with Crippen molar-refractivity contribution in [2.45, 2.75) is 45.1 Å². The molecule has 0 atom stereocenters. The van der Waals surface area contributed by atoms with Crippen molar-refractivity contribution in [2.24, 2.45) is 0 Å². The average Bonchev–Trinajstić information content (AvgIpc) is 3.02. The van der Waals surface area contributed by atoms with Gasteiger partial charge in [-0.3, -0.25) is 19.1 Å². The van der Waals surface area contributed by atoms with Crippen molar-refractivity contribution in [1.82, 2.24) is 14.8 Å². The zero-order valence-electron chi connectivity index (χ0n) is 15.2. The van der Waals surface area contributed by atoms with Crippen molar-refractivity contribution < 1.29 is 14.3 Å². The highest BCUT2D eigenvalue weighted by atomic mass is 16.5. The van der Waals surface area contributed by atoms with E-state index >= 15 is 0 Å². The number of hydrogen-bond donors (Lipinski definition) is 2. The third-order valence-electron chi connectivity index (χ3n) is 5.33. The van der Waals surface area contributed by atoms with Crippen molar-refractivity contribution in [3.8, 4) is 0 Å². The Hall–Kier alpha value is -2.74. The summed E-state index contributed by atoms with van der Waals surface area (Å²) in [4.78, 5) is 39.7. The highest BCUT2D eigenvalue weighted by Crippen LogP contribution is 2.25. The Bertz CT molecular complexity index is 953. The highest BCUT2D eigenvalue weighted by molar-refractivity contribution is 6.06. The van der Waals surface area contributed by atoms with Gasteiger partial charge in [0.1, 0.15) is 5.56 Å². The largest absolute Gasteiger partial charge is 0.381 e. The number of amides is 1. The van der Waals surface area contributed by atoms with Crippen molar-refractivity contribution in [3.05, 3.63) is 45.1 Å². The monoisotopic (exact) mass is 370 g/mol. The fraction of sp³-hybridized carbons (Fsp3) is 0.474. The number of nitrogens with one attached hydrogen (secondary N) is 2.